The Bertz CT molecular complexity index is 224. The van der Waals surface area contributed by atoms with Gasteiger partial charge in [0.15, 0.2) is 0 Å². The molecule has 0 aliphatic carbocycles. The lowest BCUT2D eigenvalue weighted by molar-refractivity contribution is 1.34. The first-order chi connectivity index (χ1) is 4.20. The summed E-state index contributed by atoms with van der Waals surface area (Å²) >= 11 is 11.0. The monoisotopic (exact) mass is 162 g/mol. The first-order valence-electron chi connectivity index (χ1n) is 2.27. The number of rotatable bonds is 0. The number of aromatic nitrogens is 1. The summed E-state index contributed by atoms with van der Waals surface area (Å²) in [4.78, 5) is 3.68. The maximum Gasteiger partial charge on any atom is 0.150 e. The summed E-state index contributed by atoms with van der Waals surface area (Å²) in [5, 5.41) is 0.669. The zero-order chi connectivity index (χ0) is 6.85. The Labute approximate surface area is 62.6 Å². The molecule has 0 fully saturated rings. The Morgan fingerprint density at radius 2 is 2.00 bits per heavy atom. The van der Waals surface area contributed by atoms with Crippen molar-refractivity contribution in [3.05, 3.63) is 22.3 Å². The minimum Gasteiger partial charge on any atom is -0.384 e. The van der Waals surface area contributed by atoms with Crippen LogP contribution in [0.25, 0.3) is 0 Å². The van der Waals surface area contributed by atoms with Gasteiger partial charge < -0.3 is 5.73 Å². The lowest BCUT2D eigenvalue weighted by Gasteiger charge is -1.93. The van der Waals surface area contributed by atoms with Crippen molar-refractivity contribution >= 4 is 29.0 Å². The summed E-state index contributed by atoms with van der Waals surface area (Å²) in [6, 6.07) is 3.19. The molecule has 0 aromatic carbocycles. The number of hydrogen-bond donors (Lipinski definition) is 1. The highest BCUT2D eigenvalue weighted by molar-refractivity contribution is 6.41. The number of nitrogens with two attached hydrogens (primary N) is 1. The molecule has 0 bridgehead atoms. The molecule has 0 radical (unpaired) electrons. The van der Waals surface area contributed by atoms with Crippen molar-refractivity contribution in [2.45, 2.75) is 0 Å². The van der Waals surface area contributed by atoms with Gasteiger partial charge in [-0.05, 0) is 12.1 Å². The van der Waals surface area contributed by atoms with Crippen molar-refractivity contribution < 1.29 is 0 Å². The van der Waals surface area contributed by atoms with Crippen molar-refractivity contribution in [1.29, 1.82) is 0 Å². The van der Waals surface area contributed by atoms with Gasteiger partial charge >= 0.3 is 0 Å². The van der Waals surface area contributed by atoms with E-state index in [1.807, 2.05) is 0 Å². The molecule has 0 aliphatic rings. The fourth-order valence-corrected chi connectivity index (χ4v) is 0.697. The molecule has 0 saturated carbocycles. The van der Waals surface area contributed by atoms with Gasteiger partial charge in [-0.1, -0.05) is 23.2 Å². The van der Waals surface area contributed by atoms with Gasteiger partial charge in [-0.3, -0.25) is 0 Å². The second-order valence-electron chi connectivity index (χ2n) is 1.51. The molecular formula is C5H4Cl2N2. The molecule has 1 rings (SSSR count). The number of hydrogen-bond acceptors (Lipinski definition) is 2. The number of pyridine rings is 1. The third kappa shape index (κ3) is 1.47. The molecule has 9 heavy (non-hydrogen) atoms. The van der Waals surface area contributed by atoms with Gasteiger partial charge in [-0.2, -0.15) is 0 Å². The lowest BCUT2D eigenvalue weighted by Crippen LogP contribution is -1.88. The van der Waals surface area contributed by atoms with Crippen LogP contribution >= 0.6 is 23.2 Å². The number of nitrogens with zero attached hydrogens (tertiary/aromatic N) is 1. The maximum absolute atomic E-state index is 5.53. The molecule has 0 saturated heterocycles. The van der Waals surface area contributed by atoms with Crippen molar-refractivity contribution in [1.82, 2.24) is 4.98 Å². The molecular weight excluding hydrogens is 159 g/mol. The van der Waals surface area contributed by atoms with E-state index in [4.69, 9.17) is 28.9 Å². The van der Waals surface area contributed by atoms with Crippen LogP contribution in [0.15, 0.2) is 12.1 Å². The smallest absolute Gasteiger partial charge is 0.150 e. The molecule has 0 atom stereocenters. The van der Waals surface area contributed by atoms with Crippen LogP contribution in [0.4, 0.5) is 5.82 Å². The van der Waals surface area contributed by atoms with Crippen LogP contribution in [0.3, 0.4) is 0 Å². The topological polar surface area (TPSA) is 38.9 Å². The highest BCUT2D eigenvalue weighted by Gasteiger charge is 1.95. The molecule has 4 heteroatoms. The third-order valence-corrected chi connectivity index (χ3v) is 1.51. The summed E-state index contributed by atoms with van der Waals surface area (Å²) in [7, 11) is 0. The van der Waals surface area contributed by atoms with Gasteiger partial charge in [0.05, 0.1) is 5.02 Å². The molecule has 0 amide bonds. The summed E-state index contributed by atoms with van der Waals surface area (Å²) in [6.45, 7) is 0. The van der Waals surface area contributed by atoms with Gasteiger partial charge in [-0.15, -0.1) is 0 Å². The SMILES string of the molecule is Nc1ccc(Cl)c(Cl)n1. The van der Waals surface area contributed by atoms with E-state index >= 15 is 0 Å². The first kappa shape index (κ1) is 6.65. The highest BCUT2D eigenvalue weighted by Crippen LogP contribution is 2.19. The van der Waals surface area contributed by atoms with Gasteiger partial charge in [0.2, 0.25) is 0 Å². The molecule has 1 heterocycles. The van der Waals surface area contributed by atoms with E-state index in [0.717, 1.165) is 0 Å². The van der Waals surface area contributed by atoms with E-state index < -0.39 is 0 Å². The van der Waals surface area contributed by atoms with Crippen LogP contribution in [0.5, 0.6) is 0 Å². The van der Waals surface area contributed by atoms with E-state index in [0.29, 0.717) is 10.8 Å². The predicted molar refractivity (Wildman–Crippen MR) is 38.7 cm³/mol. The van der Waals surface area contributed by atoms with E-state index in [1.165, 1.54) is 0 Å². The molecule has 0 unspecified atom stereocenters. The third-order valence-electron chi connectivity index (χ3n) is 0.825. The molecule has 0 aliphatic heterocycles. The minimum atomic E-state index is 0.247. The summed E-state index contributed by atoms with van der Waals surface area (Å²) in [5.41, 5.74) is 5.27. The second-order valence-corrected chi connectivity index (χ2v) is 2.27. The molecule has 2 N–H and O–H groups in total. The largest absolute Gasteiger partial charge is 0.384 e. The highest BCUT2D eigenvalue weighted by atomic mass is 35.5. The first-order valence-corrected chi connectivity index (χ1v) is 3.03. The number of nitrogen functional groups attached to an aromatic ring is 1. The van der Waals surface area contributed by atoms with Crippen LogP contribution in [0.1, 0.15) is 0 Å². The molecule has 1 aromatic heterocycles. The van der Waals surface area contributed by atoms with E-state index in [9.17, 15) is 0 Å². The fraction of sp³-hybridized carbons (Fsp3) is 0. The summed E-state index contributed by atoms with van der Waals surface area (Å²) < 4.78 is 0. The average Bonchev–Trinajstić information content (AvgIpc) is 1.80. The average molecular weight is 163 g/mol. The summed E-state index contributed by atoms with van der Waals surface area (Å²) in [6.07, 6.45) is 0. The van der Waals surface area contributed by atoms with Crippen molar-refractivity contribution in [2.24, 2.45) is 0 Å². The summed E-state index contributed by atoms with van der Waals surface area (Å²) in [5.74, 6) is 0.379. The van der Waals surface area contributed by atoms with Crippen LogP contribution < -0.4 is 5.73 Å². The van der Waals surface area contributed by atoms with E-state index in [2.05, 4.69) is 4.98 Å². The van der Waals surface area contributed by atoms with Crippen LogP contribution in [0.2, 0.25) is 10.2 Å². The van der Waals surface area contributed by atoms with Crippen LogP contribution in [0, 0.1) is 0 Å². The zero-order valence-electron chi connectivity index (χ0n) is 4.44. The van der Waals surface area contributed by atoms with E-state index in [-0.39, 0.29) is 5.15 Å². The number of anilines is 1. The molecule has 48 valence electrons. The Morgan fingerprint density at radius 3 is 2.44 bits per heavy atom. The Hall–Kier alpha value is -0.470. The van der Waals surface area contributed by atoms with Crippen LogP contribution in [-0.2, 0) is 0 Å². The number of halogens is 2. The Balaban J connectivity index is 3.17. The molecule has 1 aromatic rings. The Kier molecular flexibility index (Phi) is 1.78. The normalized spacial score (nSPS) is 9.56. The predicted octanol–water partition coefficient (Wildman–Crippen LogP) is 1.97. The molecule has 2 nitrogen and oxygen atoms in total. The van der Waals surface area contributed by atoms with Crippen LogP contribution in [-0.4, -0.2) is 4.98 Å². The van der Waals surface area contributed by atoms with Crippen molar-refractivity contribution in [3.63, 3.8) is 0 Å². The Morgan fingerprint density at radius 1 is 1.33 bits per heavy atom. The van der Waals surface area contributed by atoms with Crippen molar-refractivity contribution in [2.75, 3.05) is 5.73 Å². The molecule has 0 spiro atoms. The van der Waals surface area contributed by atoms with E-state index in [1.54, 1.807) is 12.1 Å². The quantitative estimate of drug-likeness (QED) is 0.593. The van der Waals surface area contributed by atoms with Gasteiger partial charge in [-0.25, -0.2) is 4.98 Å². The van der Waals surface area contributed by atoms with Gasteiger partial charge in [0, 0.05) is 0 Å². The van der Waals surface area contributed by atoms with Gasteiger partial charge in [0.1, 0.15) is 11.0 Å². The van der Waals surface area contributed by atoms with Gasteiger partial charge in [0.25, 0.3) is 0 Å². The maximum atomic E-state index is 5.53. The van der Waals surface area contributed by atoms with Crippen molar-refractivity contribution in [3.8, 4) is 0 Å². The fourth-order valence-electron chi connectivity index (χ4n) is 0.431. The zero-order valence-corrected chi connectivity index (χ0v) is 5.95. The second kappa shape index (κ2) is 2.42. The minimum absolute atomic E-state index is 0.247. The standard InChI is InChI=1S/C5H4Cl2N2/c6-3-1-2-4(8)9-5(3)7/h1-2H,(H2,8,9). The lowest BCUT2D eigenvalue weighted by atomic mass is 10.5.